The van der Waals surface area contributed by atoms with Crippen LogP contribution >= 0.6 is 0 Å². The van der Waals surface area contributed by atoms with Gasteiger partial charge < -0.3 is 14.9 Å². The van der Waals surface area contributed by atoms with Crippen molar-refractivity contribution in [1.82, 2.24) is 15.5 Å². The van der Waals surface area contributed by atoms with Gasteiger partial charge in [-0.25, -0.2) is 9.78 Å². The molecule has 0 saturated heterocycles. The molecule has 0 bridgehead atoms. The molecule has 0 fully saturated rings. The second-order valence-electron chi connectivity index (χ2n) is 5.13. The van der Waals surface area contributed by atoms with Gasteiger partial charge in [-0.05, 0) is 25.0 Å². The molecule has 0 spiro atoms. The van der Waals surface area contributed by atoms with Crippen LogP contribution < -0.4 is 5.32 Å². The van der Waals surface area contributed by atoms with Crippen molar-refractivity contribution in [2.45, 2.75) is 39.2 Å². The van der Waals surface area contributed by atoms with E-state index < -0.39 is 11.9 Å². The molecule has 1 amide bonds. The van der Waals surface area contributed by atoms with Crippen LogP contribution in [0.5, 0.6) is 0 Å². The van der Waals surface area contributed by atoms with Crippen molar-refractivity contribution in [3.63, 3.8) is 0 Å². The summed E-state index contributed by atoms with van der Waals surface area (Å²) in [6.07, 6.45) is 1.95. The summed E-state index contributed by atoms with van der Waals surface area (Å²) in [7, 11) is 0. The minimum atomic E-state index is -1.18. The molecular weight excluding hydrogens is 298 g/mol. The van der Waals surface area contributed by atoms with Gasteiger partial charge in [-0.3, -0.25) is 4.79 Å². The smallest absolute Gasteiger partial charge is 0.354 e. The Morgan fingerprint density at radius 1 is 1.26 bits per heavy atom. The quantitative estimate of drug-likeness (QED) is 0.813. The van der Waals surface area contributed by atoms with E-state index >= 15 is 0 Å². The summed E-state index contributed by atoms with van der Waals surface area (Å²) in [5.41, 5.74) is 0.753. The van der Waals surface area contributed by atoms with Gasteiger partial charge in [0.2, 0.25) is 0 Å². The lowest BCUT2D eigenvalue weighted by Gasteiger charge is -2.06. The molecule has 0 saturated carbocycles. The monoisotopic (exact) mass is 317 g/mol. The van der Waals surface area contributed by atoms with Crippen molar-refractivity contribution in [2.75, 3.05) is 0 Å². The Balaban J connectivity index is 1.99. The molecular formula is C16H19N3O4. The third-order valence-electron chi connectivity index (χ3n) is 3.61. The van der Waals surface area contributed by atoms with Crippen LogP contribution in [0.4, 0.5) is 0 Å². The number of pyridine rings is 1. The predicted octanol–water partition coefficient (Wildman–Crippen LogP) is 2.60. The highest BCUT2D eigenvalue weighted by molar-refractivity contribution is 5.94. The number of rotatable bonds is 7. The first-order valence-corrected chi connectivity index (χ1v) is 7.49. The number of carboxylic acids is 1. The fourth-order valence-corrected chi connectivity index (χ4v) is 2.25. The number of carboxylic acid groups (broad SMARTS) is 1. The van der Waals surface area contributed by atoms with Gasteiger partial charge in [0, 0.05) is 12.0 Å². The van der Waals surface area contributed by atoms with Crippen LogP contribution in [-0.2, 0) is 6.54 Å². The molecule has 0 aliphatic heterocycles. The summed E-state index contributed by atoms with van der Waals surface area (Å²) in [5, 5.41) is 15.6. The Labute approximate surface area is 133 Å². The van der Waals surface area contributed by atoms with Crippen LogP contribution in [-0.4, -0.2) is 27.1 Å². The number of carbonyl (C=O) groups is 2. The van der Waals surface area contributed by atoms with E-state index in [4.69, 9.17) is 9.63 Å². The molecule has 2 N–H and O–H groups in total. The van der Waals surface area contributed by atoms with Crippen molar-refractivity contribution in [3.8, 4) is 0 Å². The van der Waals surface area contributed by atoms with Gasteiger partial charge in [-0.2, -0.15) is 0 Å². The molecule has 122 valence electrons. The Hall–Kier alpha value is -2.70. The van der Waals surface area contributed by atoms with Crippen LogP contribution in [0.2, 0.25) is 0 Å². The second kappa shape index (κ2) is 7.53. The van der Waals surface area contributed by atoms with Gasteiger partial charge in [-0.1, -0.05) is 25.1 Å². The van der Waals surface area contributed by atoms with Gasteiger partial charge in [0.05, 0.1) is 12.2 Å². The maximum Gasteiger partial charge on any atom is 0.354 e. The number of nitrogens with one attached hydrogen (secondary N) is 1. The number of carbonyl (C=O) groups excluding carboxylic acids is 1. The molecule has 7 heteroatoms. The molecule has 0 atom stereocenters. The maximum absolute atomic E-state index is 12.0. The third-order valence-corrected chi connectivity index (χ3v) is 3.61. The van der Waals surface area contributed by atoms with E-state index in [1.165, 1.54) is 18.2 Å². The summed E-state index contributed by atoms with van der Waals surface area (Å²) in [6.45, 7) is 4.35. The molecule has 0 unspecified atom stereocenters. The SMILES string of the molecule is CCC(CC)c1cc(CNC(=O)c2cccc(C(=O)O)n2)on1. The first kappa shape index (κ1) is 16.7. The summed E-state index contributed by atoms with van der Waals surface area (Å²) < 4.78 is 5.22. The van der Waals surface area contributed by atoms with E-state index in [2.05, 4.69) is 29.3 Å². The summed E-state index contributed by atoms with van der Waals surface area (Å²) in [4.78, 5) is 26.7. The van der Waals surface area contributed by atoms with Crippen molar-refractivity contribution < 1.29 is 19.2 Å². The zero-order valence-corrected chi connectivity index (χ0v) is 13.1. The summed E-state index contributed by atoms with van der Waals surface area (Å²) >= 11 is 0. The molecule has 0 aliphatic rings. The van der Waals surface area contributed by atoms with Gasteiger partial charge in [0.25, 0.3) is 5.91 Å². The van der Waals surface area contributed by atoms with Crippen LogP contribution in [0.15, 0.2) is 28.8 Å². The largest absolute Gasteiger partial charge is 0.477 e. The topological polar surface area (TPSA) is 105 Å². The van der Waals surface area contributed by atoms with Crippen LogP contribution in [0.3, 0.4) is 0 Å². The van der Waals surface area contributed by atoms with E-state index in [1.807, 2.05) is 6.07 Å². The lowest BCUT2D eigenvalue weighted by Crippen LogP contribution is -2.24. The van der Waals surface area contributed by atoms with Gasteiger partial charge in [-0.15, -0.1) is 0 Å². The fourth-order valence-electron chi connectivity index (χ4n) is 2.25. The van der Waals surface area contributed by atoms with Crippen molar-refractivity contribution in [2.24, 2.45) is 0 Å². The van der Waals surface area contributed by atoms with Gasteiger partial charge >= 0.3 is 5.97 Å². The lowest BCUT2D eigenvalue weighted by atomic mass is 9.99. The number of hydrogen-bond donors (Lipinski definition) is 2. The summed E-state index contributed by atoms with van der Waals surface area (Å²) in [6, 6.07) is 6.10. The lowest BCUT2D eigenvalue weighted by molar-refractivity contribution is 0.0690. The number of aromatic nitrogens is 2. The highest BCUT2D eigenvalue weighted by Crippen LogP contribution is 2.22. The Kier molecular flexibility index (Phi) is 5.46. The molecule has 7 nitrogen and oxygen atoms in total. The minimum absolute atomic E-state index is 0.0460. The van der Waals surface area contributed by atoms with Crippen LogP contribution in [0, 0.1) is 0 Å². The van der Waals surface area contributed by atoms with E-state index in [9.17, 15) is 9.59 Å². The minimum Gasteiger partial charge on any atom is -0.477 e. The predicted molar refractivity (Wildman–Crippen MR) is 82.2 cm³/mol. The van der Waals surface area contributed by atoms with Crippen LogP contribution in [0.25, 0.3) is 0 Å². The Morgan fingerprint density at radius 2 is 1.96 bits per heavy atom. The average molecular weight is 317 g/mol. The zero-order valence-electron chi connectivity index (χ0n) is 13.1. The fraction of sp³-hybridized carbons (Fsp3) is 0.375. The summed E-state index contributed by atoms with van der Waals surface area (Å²) in [5.74, 6) is -0.745. The van der Waals surface area contributed by atoms with Crippen molar-refractivity contribution in [1.29, 1.82) is 0 Å². The maximum atomic E-state index is 12.0. The zero-order chi connectivity index (χ0) is 16.8. The molecule has 0 aromatic carbocycles. The standard InChI is InChI=1S/C16H19N3O4/c1-3-10(4-2)14-8-11(23-19-14)9-17-15(20)12-6-5-7-13(18-12)16(21)22/h5-8,10H,3-4,9H2,1-2H3,(H,17,20)(H,21,22). The van der Waals surface area contributed by atoms with E-state index in [1.54, 1.807) is 0 Å². The van der Waals surface area contributed by atoms with Gasteiger partial charge in [0.1, 0.15) is 11.4 Å². The second-order valence-corrected chi connectivity index (χ2v) is 5.13. The Morgan fingerprint density at radius 3 is 2.61 bits per heavy atom. The molecule has 2 heterocycles. The molecule has 2 aromatic rings. The number of nitrogens with zero attached hydrogens (tertiary/aromatic N) is 2. The van der Waals surface area contributed by atoms with Crippen molar-refractivity contribution in [3.05, 3.63) is 47.1 Å². The molecule has 0 radical (unpaired) electrons. The third kappa shape index (κ3) is 4.15. The molecule has 2 rings (SSSR count). The average Bonchev–Trinajstić information content (AvgIpc) is 3.02. The highest BCUT2D eigenvalue weighted by Gasteiger charge is 2.15. The van der Waals surface area contributed by atoms with Gasteiger partial charge in [0.15, 0.2) is 5.76 Å². The van der Waals surface area contributed by atoms with E-state index in [0.29, 0.717) is 11.7 Å². The van der Waals surface area contributed by atoms with Crippen molar-refractivity contribution >= 4 is 11.9 Å². The highest BCUT2D eigenvalue weighted by atomic mass is 16.5. The normalized spacial score (nSPS) is 10.7. The molecule has 2 aromatic heterocycles. The molecule has 0 aliphatic carbocycles. The Bertz CT molecular complexity index is 692. The molecule has 23 heavy (non-hydrogen) atoms. The van der Waals surface area contributed by atoms with E-state index in [-0.39, 0.29) is 17.9 Å². The number of amides is 1. The number of aromatic carboxylic acids is 1. The van der Waals surface area contributed by atoms with Crippen LogP contribution in [0.1, 0.15) is 65.0 Å². The first-order chi connectivity index (χ1) is 11.0. The first-order valence-electron chi connectivity index (χ1n) is 7.49. The van der Waals surface area contributed by atoms with E-state index in [0.717, 1.165) is 18.5 Å². The number of hydrogen-bond acceptors (Lipinski definition) is 5.